The highest BCUT2D eigenvalue weighted by Gasteiger charge is 2.23. The molecule has 1 saturated heterocycles. The van der Waals surface area contributed by atoms with Crippen molar-refractivity contribution in [2.24, 2.45) is 0 Å². The van der Waals surface area contributed by atoms with Gasteiger partial charge in [-0.25, -0.2) is 0 Å². The van der Waals surface area contributed by atoms with Gasteiger partial charge in [-0.3, -0.25) is 14.9 Å². The number of thioether (sulfide) groups is 1. The molecule has 0 aliphatic carbocycles. The summed E-state index contributed by atoms with van der Waals surface area (Å²) in [4.78, 5) is 23.5. The van der Waals surface area contributed by atoms with E-state index in [-0.39, 0.29) is 23.2 Å². The van der Waals surface area contributed by atoms with Crippen molar-refractivity contribution in [2.75, 3.05) is 12.9 Å². The lowest BCUT2D eigenvalue weighted by Crippen LogP contribution is -2.53. The Morgan fingerprint density at radius 1 is 1.40 bits per heavy atom. The number of amides is 1. The van der Waals surface area contributed by atoms with Crippen LogP contribution in [0.4, 0.5) is 0 Å². The number of nitrogens with one attached hydrogen (secondary N) is 2. The van der Waals surface area contributed by atoms with Crippen LogP contribution in [-0.2, 0) is 4.79 Å². The molecule has 2 unspecified atom stereocenters. The quantitative estimate of drug-likeness (QED) is 0.803. The van der Waals surface area contributed by atoms with E-state index in [1.54, 1.807) is 31.4 Å². The molecule has 1 aromatic carbocycles. The minimum Gasteiger partial charge on any atom is -0.497 e. The highest BCUT2D eigenvalue weighted by Crippen LogP contribution is 2.16. The zero-order chi connectivity index (χ0) is 14.5. The summed E-state index contributed by atoms with van der Waals surface area (Å²) >= 11 is 1.39. The molecular weight excluding hydrogens is 276 g/mol. The lowest BCUT2D eigenvalue weighted by Gasteiger charge is -2.28. The normalized spacial score (nSPS) is 22.2. The highest BCUT2D eigenvalue weighted by molar-refractivity contribution is 8.00. The van der Waals surface area contributed by atoms with E-state index in [1.807, 2.05) is 6.92 Å². The minimum atomic E-state index is -0.201. The molecule has 0 aromatic heterocycles. The summed E-state index contributed by atoms with van der Waals surface area (Å²) in [5.74, 6) is 1.10. The number of Topliss-reactive ketones (excluding diaryl/α,β-unsaturated/α-hetero) is 1. The second-order valence-corrected chi connectivity index (χ2v) is 5.78. The largest absolute Gasteiger partial charge is 0.497 e. The SMILES string of the molecule is COc1ccc(C(=O)CSC2NC(=O)CC(C)N2)cc1. The fourth-order valence-corrected chi connectivity index (χ4v) is 2.98. The van der Waals surface area contributed by atoms with Gasteiger partial charge in [-0.15, -0.1) is 11.8 Å². The fraction of sp³-hybridized carbons (Fsp3) is 0.429. The molecule has 0 spiro atoms. The molecule has 6 heteroatoms. The summed E-state index contributed by atoms with van der Waals surface area (Å²) in [6, 6.07) is 7.16. The number of carbonyl (C=O) groups is 2. The molecule has 0 bridgehead atoms. The van der Waals surface area contributed by atoms with Crippen molar-refractivity contribution in [3.8, 4) is 5.75 Å². The smallest absolute Gasteiger partial charge is 0.223 e. The lowest BCUT2D eigenvalue weighted by molar-refractivity contribution is -0.123. The van der Waals surface area contributed by atoms with Crippen LogP contribution in [0.15, 0.2) is 24.3 Å². The molecule has 2 atom stereocenters. The number of methoxy groups -OCH3 is 1. The van der Waals surface area contributed by atoms with Gasteiger partial charge >= 0.3 is 0 Å². The van der Waals surface area contributed by atoms with Gasteiger partial charge in [0.1, 0.15) is 11.2 Å². The van der Waals surface area contributed by atoms with Crippen LogP contribution in [0.25, 0.3) is 0 Å². The van der Waals surface area contributed by atoms with Crippen molar-refractivity contribution in [1.29, 1.82) is 0 Å². The topological polar surface area (TPSA) is 67.4 Å². The number of benzene rings is 1. The second-order valence-electron chi connectivity index (χ2n) is 4.68. The highest BCUT2D eigenvalue weighted by atomic mass is 32.2. The standard InChI is InChI=1S/C14H18N2O3S/c1-9-7-13(18)16-14(15-9)20-8-12(17)10-3-5-11(19-2)6-4-10/h3-6,9,14-15H,7-8H2,1-2H3,(H,16,18). The van der Waals surface area contributed by atoms with Crippen molar-refractivity contribution in [1.82, 2.24) is 10.6 Å². The van der Waals surface area contributed by atoms with Crippen molar-refractivity contribution in [3.05, 3.63) is 29.8 Å². The molecule has 1 heterocycles. The lowest BCUT2D eigenvalue weighted by atomic mass is 10.1. The second kappa shape index (κ2) is 6.76. The molecule has 0 radical (unpaired) electrons. The van der Waals surface area contributed by atoms with Crippen LogP contribution in [-0.4, -0.2) is 36.1 Å². The Hall–Kier alpha value is -1.53. The van der Waals surface area contributed by atoms with Gasteiger partial charge in [0.25, 0.3) is 0 Å². The van der Waals surface area contributed by atoms with E-state index in [1.165, 1.54) is 11.8 Å². The first kappa shape index (κ1) is 14.9. The molecule has 5 nitrogen and oxygen atoms in total. The Morgan fingerprint density at radius 3 is 2.70 bits per heavy atom. The summed E-state index contributed by atoms with van der Waals surface area (Å²) < 4.78 is 5.05. The summed E-state index contributed by atoms with van der Waals surface area (Å²) in [5.41, 5.74) is 0.446. The Morgan fingerprint density at radius 2 is 2.10 bits per heavy atom. The van der Waals surface area contributed by atoms with E-state index in [9.17, 15) is 9.59 Å². The van der Waals surface area contributed by atoms with Crippen LogP contribution in [0.2, 0.25) is 0 Å². The summed E-state index contributed by atoms with van der Waals surface area (Å²) in [5, 5.41) is 6.04. The first-order valence-electron chi connectivity index (χ1n) is 6.43. The molecule has 20 heavy (non-hydrogen) atoms. The Labute approximate surface area is 122 Å². The molecule has 1 aliphatic rings. The van der Waals surface area contributed by atoms with Gasteiger partial charge in [-0.05, 0) is 31.2 Å². The predicted molar refractivity (Wildman–Crippen MR) is 78.9 cm³/mol. The molecule has 1 aliphatic heterocycles. The van der Waals surface area contributed by atoms with Crippen molar-refractivity contribution >= 4 is 23.5 Å². The minimum absolute atomic E-state index is 0.0191. The van der Waals surface area contributed by atoms with Crippen LogP contribution >= 0.6 is 11.8 Å². The van der Waals surface area contributed by atoms with Gasteiger partial charge in [0.05, 0.1) is 12.9 Å². The predicted octanol–water partition coefficient (Wildman–Crippen LogP) is 1.39. The maximum atomic E-state index is 12.0. The van der Waals surface area contributed by atoms with E-state index < -0.39 is 0 Å². The zero-order valence-corrected chi connectivity index (χ0v) is 12.3. The molecule has 2 N–H and O–H groups in total. The first-order valence-corrected chi connectivity index (χ1v) is 7.47. The van der Waals surface area contributed by atoms with Gasteiger partial charge in [-0.1, -0.05) is 0 Å². The average Bonchev–Trinajstić information content (AvgIpc) is 2.44. The van der Waals surface area contributed by atoms with E-state index in [4.69, 9.17) is 4.74 Å². The van der Waals surface area contributed by atoms with Crippen LogP contribution in [0.5, 0.6) is 5.75 Å². The Balaban J connectivity index is 1.86. The average molecular weight is 294 g/mol. The number of ketones is 1. The van der Waals surface area contributed by atoms with Crippen LogP contribution < -0.4 is 15.4 Å². The van der Waals surface area contributed by atoms with Crippen molar-refractivity contribution in [3.63, 3.8) is 0 Å². The van der Waals surface area contributed by atoms with Gasteiger partial charge in [0, 0.05) is 18.0 Å². The number of hydrogen-bond donors (Lipinski definition) is 2. The molecule has 1 aromatic rings. The Bertz CT molecular complexity index is 490. The van der Waals surface area contributed by atoms with Gasteiger partial charge in [0.2, 0.25) is 5.91 Å². The Kier molecular flexibility index (Phi) is 5.03. The van der Waals surface area contributed by atoms with Crippen LogP contribution in [0.1, 0.15) is 23.7 Å². The summed E-state index contributed by atoms with van der Waals surface area (Å²) in [6.07, 6.45) is 0.476. The monoisotopic (exact) mass is 294 g/mol. The maximum absolute atomic E-state index is 12.0. The summed E-state index contributed by atoms with van der Waals surface area (Å²) in [7, 11) is 1.59. The van der Waals surface area contributed by atoms with E-state index in [0.717, 1.165) is 5.75 Å². The molecule has 0 saturated carbocycles. The summed E-state index contributed by atoms with van der Waals surface area (Å²) in [6.45, 7) is 1.96. The van der Waals surface area contributed by atoms with Crippen LogP contribution in [0, 0.1) is 0 Å². The first-order chi connectivity index (χ1) is 9.58. The third kappa shape index (κ3) is 3.98. The number of hydrogen-bond acceptors (Lipinski definition) is 5. The van der Waals surface area contributed by atoms with Gasteiger partial charge in [-0.2, -0.15) is 0 Å². The van der Waals surface area contributed by atoms with Gasteiger partial charge < -0.3 is 10.1 Å². The van der Waals surface area contributed by atoms with E-state index >= 15 is 0 Å². The molecule has 2 rings (SSSR count). The molecule has 108 valence electrons. The zero-order valence-electron chi connectivity index (χ0n) is 11.5. The number of rotatable bonds is 5. The van der Waals surface area contributed by atoms with Crippen molar-refractivity contribution < 1.29 is 14.3 Å². The van der Waals surface area contributed by atoms with Crippen LogP contribution in [0.3, 0.4) is 0 Å². The molecule has 1 amide bonds. The van der Waals surface area contributed by atoms with E-state index in [0.29, 0.717) is 17.7 Å². The third-order valence-corrected chi connectivity index (χ3v) is 4.03. The fourth-order valence-electron chi connectivity index (χ4n) is 1.95. The van der Waals surface area contributed by atoms with E-state index in [2.05, 4.69) is 10.6 Å². The van der Waals surface area contributed by atoms with Crippen molar-refractivity contribution in [2.45, 2.75) is 24.9 Å². The number of ether oxygens (including phenoxy) is 1. The van der Waals surface area contributed by atoms with Gasteiger partial charge in [0.15, 0.2) is 5.78 Å². The molecule has 1 fully saturated rings. The number of carbonyl (C=O) groups excluding carboxylic acids is 2. The maximum Gasteiger partial charge on any atom is 0.223 e. The third-order valence-electron chi connectivity index (χ3n) is 3.01. The molecular formula is C14H18N2O3S.